The van der Waals surface area contributed by atoms with Gasteiger partial charge in [0.15, 0.2) is 0 Å². The molecule has 1 N–H and O–H groups in total. The first-order valence-corrected chi connectivity index (χ1v) is 5.60. The van der Waals surface area contributed by atoms with E-state index >= 15 is 0 Å². The number of ether oxygens (including phenoxy) is 2. The monoisotopic (exact) mass is 216 g/mol. The summed E-state index contributed by atoms with van der Waals surface area (Å²) in [6, 6.07) is 0. The Morgan fingerprint density at radius 2 is 2.13 bits per heavy atom. The van der Waals surface area contributed by atoms with Crippen LogP contribution in [0.1, 0.15) is 20.3 Å². The maximum Gasteiger partial charge on any atom is 0.147 e. The average molecular weight is 216 g/mol. The standard InChI is InChI=1S/C11H24N2O2/c1-11(2,13(3)4)8-12-7-10-5-6-14-9-15-10/h10,12H,5-9H2,1-4H3. The number of nitrogens with zero attached hydrogens (tertiary/aromatic N) is 1. The number of hydrogen-bond donors (Lipinski definition) is 1. The molecule has 0 saturated carbocycles. The van der Waals surface area contributed by atoms with Crippen molar-refractivity contribution >= 4 is 0 Å². The van der Waals surface area contributed by atoms with Crippen LogP contribution in [0.4, 0.5) is 0 Å². The van der Waals surface area contributed by atoms with E-state index in [0.29, 0.717) is 12.9 Å². The van der Waals surface area contributed by atoms with Gasteiger partial charge >= 0.3 is 0 Å². The molecule has 90 valence electrons. The molecule has 0 aromatic carbocycles. The zero-order valence-electron chi connectivity index (χ0n) is 10.4. The summed E-state index contributed by atoms with van der Waals surface area (Å²) in [5, 5.41) is 3.45. The first-order valence-electron chi connectivity index (χ1n) is 5.60. The van der Waals surface area contributed by atoms with Gasteiger partial charge in [-0.05, 0) is 34.4 Å². The van der Waals surface area contributed by atoms with Crippen molar-refractivity contribution < 1.29 is 9.47 Å². The van der Waals surface area contributed by atoms with E-state index in [-0.39, 0.29) is 5.54 Å². The van der Waals surface area contributed by atoms with E-state index in [0.717, 1.165) is 26.1 Å². The molecule has 1 saturated heterocycles. The maximum atomic E-state index is 5.45. The van der Waals surface area contributed by atoms with E-state index < -0.39 is 0 Å². The second kappa shape index (κ2) is 5.80. The van der Waals surface area contributed by atoms with Crippen molar-refractivity contribution in [3.8, 4) is 0 Å². The SMILES string of the molecule is CN(C)C(C)(C)CNCC1CCOCO1. The molecule has 1 heterocycles. The molecule has 4 nitrogen and oxygen atoms in total. The van der Waals surface area contributed by atoms with Gasteiger partial charge in [-0.2, -0.15) is 0 Å². The van der Waals surface area contributed by atoms with Gasteiger partial charge in [0.1, 0.15) is 6.79 Å². The minimum Gasteiger partial charge on any atom is -0.355 e. The molecular weight excluding hydrogens is 192 g/mol. The second-order valence-electron chi connectivity index (χ2n) is 4.94. The Hall–Kier alpha value is -0.160. The fourth-order valence-corrected chi connectivity index (χ4v) is 1.36. The molecule has 0 aromatic rings. The summed E-state index contributed by atoms with van der Waals surface area (Å²) in [5.74, 6) is 0. The topological polar surface area (TPSA) is 33.7 Å². The van der Waals surface area contributed by atoms with Gasteiger partial charge in [-0.1, -0.05) is 0 Å². The lowest BCUT2D eigenvalue weighted by atomic mass is 10.0. The highest BCUT2D eigenvalue weighted by molar-refractivity contribution is 4.80. The Labute approximate surface area is 92.9 Å². The molecule has 1 aliphatic heterocycles. The number of hydrogen-bond acceptors (Lipinski definition) is 4. The molecular formula is C11H24N2O2. The van der Waals surface area contributed by atoms with E-state index in [1.54, 1.807) is 0 Å². The van der Waals surface area contributed by atoms with E-state index in [1.807, 2.05) is 0 Å². The number of nitrogens with one attached hydrogen (secondary N) is 1. The highest BCUT2D eigenvalue weighted by Gasteiger charge is 2.21. The van der Waals surface area contributed by atoms with Crippen molar-refractivity contribution in [3.05, 3.63) is 0 Å². The minimum absolute atomic E-state index is 0.186. The zero-order chi connectivity index (χ0) is 11.3. The molecule has 0 bridgehead atoms. The second-order valence-corrected chi connectivity index (χ2v) is 4.94. The van der Waals surface area contributed by atoms with Crippen LogP contribution in [-0.4, -0.2) is 57.1 Å². The summed E-state index contributed by atoms with van der Waals surface area (Å²) in [6.07, 6.45) is 1.31. The molecule has 1 rings (SSSR count). The van der Waals surface area contributed by atoms with Gasteiger partial charge < -0.3 is 19.7 Å². The van der Waals surface area contributed by atoms with Gasteiger partial charge in [-0.15, -0.1) is 0 Å². The van der Waals surface area contributed by atoms with Crippen LogP contribution in [0, 0.1) is 0 Å². The summed E-state index contributed by atoms with van der Waals surface area (Å²) in [7, 11) is 4.21. The Kier molecular flexibility index (Phi) is 4.99. The van der Waals surface area contributed by atoms with E-state index in [9.17, 15) is 0 Å². The molecule has 1 unspecified atom stereocenters. The Morgan fingerprint density at radius 3 is 2.67 bits per heavy atom. The molecule has 0 amide bonds. The molecule has 0 aromatic heterocycles. The van der Waals surface area contributed by atoms with Crippen molar-refractivity contribution in [2.24, 2.45) is 0 Å². The summed E-state index contributed by atoms with van der Waals surface area (Å²) >= 11 is 0. The number of likely N-dealkylation sites (N-methyl/N-ethyl adjacent to an activating group) is 1. The Bertz CT molecular complexity index is 177. The fourth-order valence-electron chi connectivity index (χ4n) is 1.36. The highest BCUT2D eigenvalue weighted by atomic mass is 16.7. The lowest BCUT2D eigenvalue weighted by Gasteiger charge is -2.33. The van der Waals surface area contributed by atoms with Crippen molar-refractivity contribution in [1.29, 1.82) is 0 Å². The lowest BCUT2D eigenvalue weighted by molar-refractivity contribution is -0.137. The quantitative estimate of drug-likeness (QED) is 0.733. The predicted molar refractivity (Wildman–Crippen MR) is 60.9 cm³/mol. The third-order valence-corrected chi connectivity index (χ3v) is 3.11. The average Bonchev–Trinajstić information content (AvgIpc) is 2.19. The van der Waals surface area contributed by atoms with Gasteiger partial charge in [-0.25, -0.2) is 0 Å². The van der Waals surface area contributed by atoms with Gasteiger partial charge in [0.2, 0.25) is 0 Å². The summed E-state index contributed by atoms with van der Waals surface area (Å²) in [6.45, 7) is 7.61. The molecule has 0 spiro atoms. The third-order valence-electron chi connectivity index (χ3n) is 3.11. The molecule has 1 fully saturated rings. The van der Waals surface area contributed by atoms with Crippen molar-refractivity contribution in [3.63, 3.8) is 0 Å². The van der Waals surface area contributed by atoms with Gasteiger partial charge in [0.05, 0.1) is 12.7 Å². The van der Waals surface area contributed by atoms with Crippen LogP contribution in [0.25, 0.3) is 0 Å². The molecule has 0 aliphatic carbocycles. The van der Waals surface area contributed by atoms with E-state index in [4.69, 9.17) is 9.47 Å². The van der Waals surface area contributed by atoms with Crippen LogP contribution < -0.4 is 5.32 Å². The van der Waals surface area contributed by atoms with Gasteiger partial charge in [0, 0.05) is 18.6 Å². The first kappa shape index (κ1) is 12.9. The Balaban J connectivity index is 2.14. The van der Waals surface area contributed by atoms with Crippen LogP contribution in [0.5, 0.6) is 0 Å². The normalized spacial score (nSPS) is 23.4. The van der Waals surface area contributed by atoms with Crippen molar-refractivity contribution in [1.82, 2.24) is 10.2 Å². The van der Waals surface area contributed by atoms with Gasteiger partial charge in [-0.3, -0.25) is 0 Å². The van der Waals surface area contributed by atoms with Gasteiger partial charge in [0.25, 0.3) is 0 Å². The first-order chi connectivity index (χ1) is 7.02. The molecule has 4 heteroatoms. The highest BCUT2D eigenvalue weighted by Crippen LogP contribution is 2.09. The largest absolute Gasteiger partial charge is 0.355 e. The predicted octanol–water partition coefficient (Wildman–Crippen LogP) is 0.679. The summed E-state index contributed by atoms with van der Waals surface area (Å²) in [5.41, 5.74) is 0.186. The molecule has 1 atom stereocenters. The smallest absolute Gasteiger partial charge is 0.147 e. The van der Waals surface area contributed by atoms with Crippen LogP contribution in [0.2, 0.25) is 0 Å². The molecule has 15 heavy (non-hydrogen) atoms. The van der Waals surface area contributed by atoms with Crippen molar-refractivity contribution in [2.45, 2.75) is 31.9 Å². The van der Waals surface area contributed by atoms with Crippen LogP contribution in [-0.2, 0) is 9.47 Å². The number of rotatable bonds is 5. The van der Waals surface area contributed by atoms with Crippen LogP contribution >= 0.6 is 0 Å². The zero-order valence-corrected chi connectivity index (χ0v) is 10.4. The third kappa shape index (κ3) is 4.47. The minimum atomic E-state index is 0.186. The van der Waals surface area contributed by atoms with Crippen LogP contribution in [0.3, 0.4) is 0 Å². The summed E-state index contributed by atoms with van der Waals surface area (Å²) < 4.78 is 10.6. The molecule has 1 aliphatic rings. The lowest BCUT2D eigenvalue weighted by Crippen LogP contribution is -2.48. The van der Waals surface area contributed by atoms with Crippen molar-refractivity contribution in [2.75, 3.05) is 40.6 Å². The van der Waals surface area contributed by atoms with E-state index in [2.05, 4.69) is 38.2 Å². The van der Waals surface area contributed by atoms with E-state index in [1.165, 1.54) is 0 Å². The van der Waals surface area contributed by atoms with Crippen LogP contribution in [0.15, 0.2) is 0 Å². The maximum absolute atomic E-state index is 5.45. The summed E-state index contributed by atoms with van der Waals surface area (Å²) in [4.78, 5) is 2.23. The Morgan fingerprint density at radius 1 is 1.40 bits per heavy atom. The fraction of sp³-hybridized carbons (Fsp3) is 1.00. The molecule has 0 radical (unpaired) electrons.